The molecule has 0 heterocycles. The van der Waals surface area contributed by atoms with Gasteiger partial charge in [-0.25, -0.2) is 0 Å². The molecule has 0 spiro atoms. The third-order valence-electron chi connectivity index (χ3n) is 0.709. The molecule has 0 aromatic carbocycles. The molecule has 0 aromatic heterocycles. The van der Waals surface area contributed by atoms with Crippen molar-refractivity contribution < 1.29 is 9.90 Å². The van der Waals surface area contributed by atoms with Gasteiger partial charge in [0.1, 0.15) is 0 Å². The van der Waals surface area contributed by atoms with E-state index in [1.165, 1.54) is 0 Å². The Morgan fingerprint density at radius 1 is 1.88 bits per heavy atom. The molecule has 0 aliphatic heterocycles. The van der Waals surface area contributed by atoms with E-state index in [9.17, 15) is 4.79 Å². The minimum atomic E-state index is -0.867. The van der Waals surface area contributed by atoms with Crippen molar-refractivity contribution in [1.82, 2.24) is 0 Å². The fourth-order valence-corrected chi connectivity index (χ4v) is 0.424. The minimum absolute atomic E-state index is 0.00502. The number of carboxylic acid groups (broad SMARTS) is 1. The molecule has 0 aliphatic rings. The van der Waals surface area contributed by atoms with Crippen LogP contribution in [0, 0.1) is 6.92 Å². The van der Waals surface area contributed by atoms with Crippen molar-refractivity contribution in [1.29, 1.82) is 0 Å². The summed E-state index contributed by atoms with van der Waals surface area (Å²) >= 11 is 5.42. The van der Waals surface area contributed by atoms with Crippen LogP contribution in [0.25, 0.3) is 0 Å². The molecule has 0 saturated carbocycles. The van der Waals surface area contributed by atoms with Gasteiger partial charge in [0.15, 0.2) is 0 Å². The fraction of sp³-hybridized carbons (Fsp3) is 0.600. The third-order valence-corrected chi connectivity index (χ3v) is 1.08. The molecule has 8 heavy (non-hydrogen) atoms. The first-order chi connectivity index (χ1) is 3.66. The van der Waals surface area contributed by atoms with Gasteiger partial charge in [0, 0.05) is 5.38 Å². The molecule has 47 valence electrons. The zero-order valence-corrected chi connectivity index (χ0v) is 5.19. The molecule has 3 heteroatoms. The molecular weight excluding hydrogens is 128 g/mol. The van der Waals surface area contributed by atoms with E-state index in [1.807, 2.05) is 0 Å². The molecule has 1 unspecified atom stereocenters. The predicted molar refractivity (Wildman–Crippen MR) is 31.9 cm³/mol. The van der Waals surface area contributed by atoms with Gasteiger partial charge in [-0.1, -0.05) is 6.92 Å². The number of hydrogen-bond acceptors (Lipinski definition) is 1. The number of halogens is 1. The van der Waals surface area contributed by atoms with E-state index in [4.69, 9.17) is 16.7 Å². The standard InChI is InChI=1S/C5H8ClO2/c1-2-4(6)3-5(7)8/h4H,1-3H2,(H,7,8). The molecule has 0 aliphatic carbocycles. The van der Waals surface area contributed by atoms with Gasteiger partial charge in [-0.15, -0.1) is 11.6 Å². The van der Waals surface area contributed by atoms with Crippen LogP contribution in [0.5, 0.6) is 0 Å². The van der Waals surface area contributed by atoms with Gasteiger partial charge >= 0.3 is 5.97 Å². The maximum Gasteiger partial charge on any atom is 0.304 e. The first-order valence-corrected chi connectivity index (χ1v) is 2.75. The van der Waals surface area contributed by atoms with Crippen molar-refractivity contribution >= 4 is 17.6 Å². The van der Waals surface area contributed by atoms with Crippen LogP contribution in [-0.2, 0) is 4.79 Å². The van der Waals surface area contributed by atoms with Crippen LogP contribution in [0.4, 0.5) is 0 Å². The Labute approximate surface area is 53.5 Å². The van der Waals surface area contributed by atoms with E-state index in [2.05, 4.69) is 6.92 Å². The average molecular weight is 136 g/mol. The lowest BCUT2D eigenvalue weighted by atomic mass is 10.2. The fourth-order valence-electron chi connectivity index (χ4n) is 0.292. The maximum atomic E-state index is 9.86. The molecule has 0 bridgehead atoms. The van der Waals surface area contributed by atoms with Gasteiger partial charge in [-0.05, 0) is 6.42 Å². The van der Waals surface area contributed by atoms with Crippen LogP contribution in [0.1, 0.15) is 12.8 Å². The normalized spacial score (nSPS) is 13.2. The van der Waals surface area contributed by atoms with Crippen LogP contribution in [-0.4, -0.2) is 16.5 Å². The highest BCUT2D eigenvalue weighted by molar-refractivity contribution is 6.21. The second kappa shape index (κ2) is 3.72. The van der Waals surface area contributed by atoms with Crippen molar-refractivity contribution in [2.75, 3.05) is 0 Å². The van der Waals surface area contributed by atoms with Gasteiger partial charge in [-0.2, -0.15) is 0 Å². The van der Waals surface area contributed by atoms with Crippen molar-refractivity contribution in [2.45, 2.75) is 18.2 Å². The zero-order chi connectivity index (χ0) is 6.57. The average Bonchev–Trinajstić information content (AvgIpc) is 1.65. The van der Waals surface area contributed by atoms with Crippen molar-refractivity contribution in [3.63, 3.8) is 0 Å². The van der Waals surface area contributed by atoms with Gasteiger partial charge in [0.25, 0.3) is 0 Å². The summed E-state index contributed by atoms with van der Waals surface area (Å²) < 4.78 is 0. The quantitative estimate of drug-likeness (QED) is 0.593. The molecule has 0 saturated heterocycles. The highest BCUT2D eigenvalue weighted by Gasteiger charge is 2.05. The Hall–Kier alpha value is -0.240. The Balaban J connectivity index is 3.24. The summed E-state index contributed by atoms with van der Waals surface area (Å²) in [4.78, 5) is 9.86. The van der Waals surface area contributed by atoms with Crippen LogP contribution in [0.15, 0.2) is 0 Å². The smallest absolute Gasteiger partial charge is 0.304 e. The van der Waals surface area contributed by atoms with E-state index >= 15 is 0 Å². The number of rotatable bonds is 3. The van der Waals surface area contributed by atoms with E-state index in [0.29, 0.717) is 6.42 Å². The first kappa shape index (κ1) is 7.76. The van der Waals surface area contributed by atoms with Crippen LogP contribution < -0.4 is 0 Å². The molecule has 0 aromatic rings. The molecule has 1 N–H and O–H groups in total. The molecule has 1 atom stereocenters. The van der Waals surface area contributed by atoms with Crippen molar-refractivity contribution in [3.8, 4) is 0 Å². The van der Waals surface area contributed by atoms with E-state index in [-0.39, 0.29) is 11.8 Å². The summed E-state index contributed by atoms with van der Waals surface area (Å²) in [6.07, 6.45) is 0.471. The molecular formula is C5H8ClO2. The van der Waals surface area contributed by atoms with Gasteiger partial charge in [-0.3, -0.25) is 4.79 Å². The summed E-state index contributed by atoms with van der Waals surface area (Å²) in [5, 5.41) is 7.79. The number of carbonyl (C=O) groups is 1. The third kappa shape index (κ3) is 3.93. The van der Waals surface area contributed by atoms with Crippen molar-refractivity contribution in [2.24, 2.45) is 0 Å². The number of aliphatic carboxylic acids is 1. The second-order valence-electron chi connectivity index (χ2n) is 1.48. The highest BCUT2D eigenvalue weighted by Crippen LogP contribution is 2.04. The lowest BCUT2D eigenvalue weighted by Crippen LogP contribution is -2.04. The van der Waals surface area contributed by atoms with Gasteiger partial charge in [0.2, 0.25) is 0 Å². The largest absolute Gasteiger partial charge is 0.481 e. The van der Waals surface area contributed by atoms with E-state index in [1.54, 1.807) is 0 Å². The second-order valence-corrected chi connectivity index (χ2v) is 2.10. The number of alkyl halides is 1. The minimum Gasteiger partial charge on any atom is -0.481 e. The Kier molecular flexibility index (Phi) is 3.61. The summed E-state index contributed by atoms with van der Waals surface area (Å²) in [5.41, 5.74) is 0. The molecule has 1 radical (unpaired) electrons. The Morgan fingerprint density at radius 3 is 2.50 bits per heavy atom. The summed E-state index contributed by atoms with van der Waals surface area (Å²) in [7, 11) is 0. The number of hydrogen-bond donors (Lipinski definition) is 1. The predicted octanol–water partition coefficient (Wildman–Crippen LogP) is 1.29. The highest BCUT2D eigenvalue weighted by atomic mass is 35.5. The SMILES string of the molecule is [CH2]CC(Cl)CC(=O)O. The monoisotopic (exact) mass is 135 g/mol. The number of carboxylic acids is 1. The summed E-state index contributed by atoms with van der Waals surface area (Å²) in [6.45, 7) is 3.44. The van der Waals surface area contributed by atoms with Crippen molar-refractivity contribution in [3.05, 3.63) is 6.92 Å². The van der Waals surface area contributed by atoms with Gasteiger partial charge in [0.05, 0.1) is 6.42 Å². The van der Waals surface area contributed by atoms with Crippen LogP contribution in [0.3, 0.4) is 0 Å². The molecule has 0 fully saturated rings. The lowest BCUT2D eigenvalue weighted by Gasteiger charge is -1.98. The summed E-state index contributed by atoms with van der Waals surface area (Å²) in [5.74, 6) is -0.867. The lowest BCUT2D eigenvalue weighted by molar-refractivity contribution is -0.137. The molecule has 2 nitrogen and oxygen atoms in total. The van der Waals surface area contributed by atoms with Crippen LogP contribution >= 0.6 is 11.6 Å². The van der Waals surface area contributed by atoms with Crippen LogP contribution in [0.2, 0.25) is 0 Å². The first-order valence-electron chi connectivity index (χ1n) is 2.32. The summed E-state index contributed by atoms with van der Waals surface area (Å²) in [6, 6.07) is 0. The van der Waals surface area contributed by atoms with Gasteiger partial charge < -0.3 is 5.11 Å². The van der Waals surface area contributed by atoms with E-state index < -0.39 is 5.97 Å². The zero-order valence-electron chi connectivity index (χ0n) is 4.43. The molecule has 0 amide bonds. The topological polar surface area (TPSA) is 37.3 Å². The Morgan fingerprint density at radius 2 is 2.38 bits per heavy atom. The van der Waals surface area contributed by atoms with E-state index in [0.717, 1.165) is 0 Å². The Bertz CT molecular complexity index is 82.5. The maximum absolute atomic E-state index is 9.86. The molecule has 0 rings (SSSR count).